The number of rotatable bonds is 6. The molecule has 0 saturated heterocycles. The maximum absolute atomic E-state index is 13.0. The van der Waals surface area contributed by atoms with Gasteiger partial charge in [0.2, 0.25) is 0 Å². The van der Waals surface area contributed by atoms with Crippen molar-refractivity contribution in [3.63, 3.8) is 0 Å². The van der Waals surface area contributed by atoms with Crippen molar-refractivity contribution in [1.82, 2.24) is 14.8 Å². The Morgan fingerprint density at radius 2 is 1.73 bits per heavy atom. The van der Waals surface area contributed by atoms with Crippen molar-refractivity contribution in [3.05, 3.63) is 93.3 Å². The summed E-state index contributed by atoms with van der Waals surface area (Å²) in [5.74, 6) is -1.24. The van der Waals surface area contributed by atoms with Crippen LogP contribution in [0.3, 0.4) is 0 Å². The minimum atomic E-state index is -0.747. The van der Waals surface area contributed by atoms with Crippen LogP contribution in [0.15, 0.2) is 71.5 Å². The van der Waals surface area contributed by atoms with Crippen LogP contribution < -0.4 is 10.9 Å². The van der Waals surface area contributed by atoms with E-state index >= 15 is 0 Å². The highest BCUT2D eigenvalue weighted by molar-refractivity contribution is 7.17. The second kappa shape index (κ2) is 9.58. The van der Waals surface area contributed by atoms with Crippen LogP contribution in [-0.4, -0.2) is 33.2 Å². The fourth-order valence-electron chi connectivity index (χ4n) is 3.15. The van der Waals surface area contributed by atoms with Gasteiger partial charge in [-0.3, -0.25) is 9.59 Å². The summed E-state index contributed by atoms with van der Waals surface area (Å²) in [6, 6.07) is 19.3. The van der Waals surface area contributed by atoms with Crippen LogP contribution in [0.1, 0.15) is 32.8 Å². The lowest BCUT2D eigenvalue weighted by Gasteiger charge is -2.12. The van der Waals surface area contributed by atoms with E-state index < -0.39 is 17.4 Å². The molecule has 0 unspecified atom stereocenters. The van der Waals surface area contributed by atoms with E-state index in [0.717, 1.165) is 10.2 Å². The van der Waals surface area contributed by atoms with Gasteiger partial charge in [0.1, 0.15) is 9.88 Å². The normalized spacial score (nSPS) is 10.6. The van der Waals surface area contributed by atoms with Crippen LogP contribution in [0.5, 0.6) is 0 Å². The van der Waals surface area contributed by atoms with Gasteiger partial charge in [-0.25, -0.2) is 9.78 Å². The number of benzene rings is 2. The molecule has 0 atom stereocenters. The Balaban J connectivity index is 1.71. The lowest BCUT2D eigenvalue weighted by atomic mass is 10.2. The average molecular weight is 461 g/mol. The van der Waals surface area contributed by atoms with Crippen molar-refractivity contribution in [2.24, 2.45) is 0 Å². The van der Waals surface area contributed by atoms with Gasteiger partial charge in [0, 0.05) is 11.6 Å². The van der Waals surface area contributed by atoms with Gasteiger partial charge in [-0.2, -0.15) is 9.78 Å². The van der Waals surface area contributed by atoms with Crippen molar-refractivity contribution < 1.29 is 14.3 Å². The molecule has 8 nitrogen and oxygen atoms in total. The molecule has 1 N–H and O–H groups in total. The SMILES string of the molecule is CCOC(=O)c1nn(-c2ccccc2)c(=O)cc1NC(=O)c1sc(-c2ccccc2)nc1C. The molecule has 2 aromatic heterocycles. The second-order valence-corrected chi connectivity index (χ2v) is 7.97. The van der Waals surface area contributed by atoms with Crippen LogP contribution in [0.4, 0.5) is 5.69 Å². The zero-order valence-corrected chi connectivity index (χ0v) is 18.8. The number of hydrogen-bond donors (Lipinski definition) is 1. The van der Waals surface area contributed by atoms with E-state index in [-0.39, 0.29) is 18.0 Å². The van der Waals surface area contributed by atoms with E-state index in [4.69, 9.17) is 4.74 Å². The van der Waals surface area contributed by atoms with Crippen LogP contribution >= 0.6 is 11.3 Å². The van der Waals surface area contributed by atoms with Crippen molar-refractivity contribution in [2.45, 2.75) is 13.8 Å². The molecule has 0 aliphatic rings. The summed E-state index contributed by atoms with van der Waals surface area (Å²) in [5.41, 5.74) is 1.22. The fraction of sp³-hybridized carbons (Fsp3) is 0.125. The predicted octanol–water partition coefficient (Wildman–Crippen LogP) is 4.09. The number of esters is 1. The zero-order chi connectivity index (χ0) is 23.4. The van der Waals surface area contributed by atoms with Gasteiger partial charge in [0.25, 0.3) is 11.5 Å². The summed E-state index contributed by atoms with van der Waals surface area (Å²) in [7, 11) is 0. The van der Waals surface area contributed by atoms with Gasteiger partial charge in [-0.05, 0) is 26.0 Å². The van der Waals surface area contributed by atoms with Crippen molar-refractivity contribution in [2.75, 3.05) is 11.9 Å². The maximum atomic E-state index is 13.0. The van der Waals surface area contributed by atoms with Gasteiger partial charge < -0.3 is 10.1 Å². The average Bonchev–Trinajstić information content (AvgIpc) is 3.22. The highest BCUT2D eigenvalue weighted by Crippen LogP contribution is 2.28. The summed E-state index contributed by atoms with van der Waals surface area (Å²) >= 11 is 1.23. The molecule has 0 aliphatic carbocycles. The zero-order valence-electron chi connectivity index (χ0n) is 17.9. The van der Waals surface area contributed by atoms with E-state index in [1.165, 1.54) is 17.4 Å². The molecule has 2 aromatic carbocycles. The topological polar surface area (TPSA) is 103 Å². The number of aryl methyl sites for hydroxylation is 1. The first kappa shape index (κ1) is 22.1. The second-order valence-electron chi connectivity index (χ2n) is 6.97. The Kier molecular flexibility index (Phi) is 6.41. The lowest BCUT2D eigenvalue weighted by Crippen LogP contribution is -2.27. The van der Waals surface area contributed by atoms with Gasteiger partial charge in [-0.1, -0.05) is 48.5 Å². The number of thiazole rings is 1. The summed E-state index contributed by atoms with van der Waals surface area (Å²) in [6.07, 6.45) is 0. The van der Waals surface area contributed by atoms with Crippen LogP contribution in [0.25, 0.3) is 16.3 Å². The standard InChI is InChI=1S/C24H20N4O4S/c1-3-32-24(31)20-18(14-19(29)28(27-20)17-12-8-5-9-13-17)26-22(30)21-15(2)25-23(33-21)16-10-6-4-7-11-16/h4-14H,3H2,1-2H3,(H,26,30). The van der Waals surface area contributed by atoms with Crippen molar-refractivity contribution in [1.29, 1.82) is 0 Å². The van der Waals surface area contributed by atoms with Gasteiger partial charge >= 0.3 is 5.97 Å². The third-order valence-corrected chi connectivity index (χ3v) is 5.88. The third kappa shape index (κ3) is 4.73. The number of nitrogens with one attached hydrogen (secondary N) is 1. The molecular weight excluding hydrogens is 440 g/mol. The number of ether oxygens (including phenoxy) is 1. The number of amides is 1. The van der Waals surface area contributed by atoms with Crippen LogP contribution in [0, 0.1) is 6.92 Å². The van der Waals surface area contributed by atoms with Gasteiger partial charge in [0.15, 0.2) is 5.69 Å². The molecule has 4 rings (SSSR count). The maximum Gasteiger partial charge on any atom is 0.360 e. The Hall–Kier alpha value is -4.11. The molecule has 4 aromatic rings. The van der Waals surface area contributed by atoms with E-state index in [1.54, 1.807) is 44.2 Å². The molecule has 2 heterocycles. The Bertz CT molecular complexity index is 1360. The molecule has 166 valence electrons. The molecule has 9 heteroatoms. The van der Waals surface area contributed by atoms with E-state index in [9.17, 15) is 14.4 Å². The number of carbonyl (C=O) groups is 2. The molecule has 1 amide bonds. The first-order valence-corrected chi connectivity index (χ1v) is 11.0. The summed E-state index contributed by atoms with van der Waals surface area (Å²) < 4.78 is 6.19. The highest BCUT2D eigenvalue weighted by atomic mass is 32.1. The minimum absolute atomic E-state index is 0.0234. The molecule has 33 heavy (non-hydrogen) atoms. The van der Waals surface area contributed by atoms with Gasteiger partial charge in [0.05, 0.1) is 23.7 Å². The molecule has 0 fully saturated rings. The molecule has 0 bridgehead atoms. The van der Waals surface area contributed by atoms with E-state index in [2.05, 4.69) is 15.4 Å². The summed E-state index contributed by atoms with van der Waals surface area (Å²) in [4.78, 5) is 43.2. The minimum Gasteiger partial charge on any atom is -0.461 e. The summed E-state index contributed by atoms with van der Waals surface area (Å²) in [5, 5.41) is 7.53. The Morgan fingerprint density at radius 1 is 1.06 bits per heavy atom. The summed E-state index contributed by atoms with van der Waals surface area (Å²) in [6.45, 7) is 3.51. The number of hydrogen-bond acceptors (Lipinski definition) is 7. The van der Waals surface area contributed by atoms with Crippen molar-refractivity contribution in [3.8, 4) is 16.3 Å². The Morgan fingerprint density at radius 3 is 2.39 bits per heavy atom. The third-order valence-electron chi connectivity index (χ3n) is 4.67. The Labute approximate surface area is 193 Å². The van der Waals surface area contributed by atoms with E-state index in [0.29, 0.717) is 21.3 Å². The largest absolute Gasteiger partial charge is 0.461 e. The molecule has 0 radical (unpaired) electrons. The monoisotopic (exact) mass is 460 g/mol. The molecule has 0 aliphatic heterocycles. The number of carbonyl (C=O) groups excluding carboxylic acids is 2. The molecule has 0 saturated carbocycles. The van der Waals surface area contributed by atoms with Crippen LogP contribution in [-0.2, 0) is 4.74 Å². The van der Waals surface area contributed by atoms with Crippen LogP contribution in [0.2, 0.25) is 0 Å². The number of anilines is 1. The predicted molar refractivity (Wildman–Crippen MR) is 126 cm³/mol. The molecule has 0 spiro atoms. The van der Waals surface area contributed by atoms with Gasteiger partial charge in [-0.15, -0.1) is 11.3 Å². The number of para-hydroxylation sites is 1. The smallest absolute Gasteiger partial charge is 0.360 e. The highest BCUT2D eigenvalue weighted by Gasteiger charge is 2.23. The number of aromatic nitrogens is 3. The molecular formula is C24H20N4O4S. The first-order chi connectivity index (χ1) is 16.0. The lowest BCUT2D eigenvalue weighted by molar-refractivity contribution is 0.0518. The first-order valence-electron chi connectivity index (χ1n) is 10.2. The van der Waals surface area contributed by atoms with E-state index in [1.807, 2.05) is 30.3 Å². The van der Waals surface area contributed by atoms with Crippen molar-refractivity contribution >= 4 is 28.9 Å². The fourth-order valence-corrected chi connectivity index (χ4v) is 4.11. The quantitative estimate of drug-likeness (QED) is 0.435. The number of nitrogens with zero attached hydrogens (tertiary/aromatic N) is 3.